The van der Waals surface area contributed by atoms with Crippen molar-refractivity contribution in [3.63, 3.8) is 0 Å². The number of carbonyl (C=O) groups excluding carboxylic acids is 3. The van der Waals surface area contributed by atoms with Gasteiger partial charge >= 0.3 is 0 Å². The molecular weight excluding hydrogens is 350 g/mol. The van der Waals surface area contributed by atoms with Gasteiger partial charge in [-0.05, 0) is 18.2 Å². The SMILES string of the molecule is C#CCn1c(=NC(=O)CN2C(=O)CCC2=O)sc2cc(Cl)ccc21. The number of amides is 3. The quantitative estimate of drug-likeness (QED) is 0.615. The van der Waals surface area contributed by atoms with Crippen LogP contribution < -0.4 is 4.80 Å². The third kappa shape index (κ3) is 3.11. The van der Waals surface area contributed by atoms with Crippen LogP contribution in [0.15, 0.2) is 23.2 Å². The summed E-state index contributed by atoms with van der Waals surface area (Å²) in [7, 11) is 0. The highest BCUT2D eigenvalue weighted by Crippen LogP contribution is 2.21. The van der Waals surface area contributed by atoms with Crippen LogP contribution in [0, 0.1) is 12.3 Å². The number of benzene rings is 1. The van der Waals surface area contributed by atoms with Crippen LogP contribution in [0.5, 0.6) is 0 Å². The molecule has 1 aliphatic rings. The highest BCUT2D eigenvalue weighted by atomic mass is 35.5. The summed E-state index contributed by atoms with van der Waals surface area (Å²) in [6.07, 6.45) is 5.68. The van der Waals surface area contributed by atoms with Gasteiger partial charge in [-0.1, -0.05) is 28.9 Å². The Balaban J connectivity index is 1.98. The van der Waals surface area contributed by atoms with E-state index in [4.69, 9.17) is 18.0 Å². The molecule has 1 saturated heterocycles. The summed E-state index contributed by atoms with van der Waals surface area (Å²) in [6.45, 7) is -0.0992. The summed E-state index contributed by atoms with van der Waals surface area (Å²) in [6, 6.07) is 5.31. The minimum Gasteiger partial charge on any atom is -0.305 e. The van der Waals surface area contributed by atoms with Crippen molar-refractivity contribution in [2.75, 3.05) is 6.54 Å². The monoisotopic (exact) mass is 361 g/mol. The van der Waals surface area contributed by atoms with E-state index in [1.165, 1.54) is 11.3 Å². The molecule has 0 radical (unpaired) electrons. The average molecular weight is 362 g/mol. The normalized spacial score (nSPS) is 15.3. The van der Waals surface area contributed by atoms with Crippen LogP contribution in [0.4, 0.5) is 0 Å². The van der Waals surface area contributed by atoms with Crippen LogP contribution in [0.2, 0.25) is 5.02 Å². The Bertz CT molecular complexity index is 951. The van der Waals surface area contributed by atoms with Crippen LogP contribution in [0.1, 0.15) is 12.8 Å². The van der Waals surface area contributed by atoms with E-state index in [0.29, 0.717) is 9.82 Å². The van der Waals surface area contributed by atoms with Gasteiger partial charge in [0.25, 0.3) is 5.91 Å². The molecule has 6 nitrogen and oxygen atoms in total. The molecule has 2 aromatic rings. The van der Waals surface area contributed by atoms with Crippen molar-refractivity contribution in [2.24, 2.45) is 4.99 Å². The Morgan fingerprint density at radius 3 is 2.71 bits per heavy atom. The lowest BCUT2D eigenvalue weighted by molar-refractivity contribution is -0.141. The lowest BCUT2D eigenvalue weighted by atomic mass is 10.3. The summed E-state index contributed by atoms with van der Waals surface area (Å²) < 4.78 is 2.57. The predicted molar refractivity (Wildman–Crippen MR) is 90.2 cm³/mol. The maximum absolute atomic E-state index is 12.2. The number of halogens is 1. The van der Waals surface area contributed by atoms with Crippen molar-refractivity contribution in [3.8, 4) is 12.3 Å². The van der Waals surface area contributed by atoms with Gasteiger partial charge in [-0.2, -0.15) is 4.99 Å². The number of hydrogen-bond acceptors (Lipinski definition) is 4. The number of fused-ring (bicyclic) bond motifs is 1. The predicted octanol–water partition coefficient (Wildman–Crippen LogP) is 1.57. The van der Waals surface area contributed by atoms with Crippen molar-refractivity contribution < 1.29 is 14.4 Å². The second-order valence-corrected chi connectivity index (χ2v) is 6.61. The van der Waals surface area contributed by atoms with E-state index >= 15 is 0 Å². The van der Waals surface area contributed by atoms with Crippen molar-refractivity contribution in [1.29, 1.82) is 0 Å². The lowest BCUT2D eigenvalue weighted by Crippen LogP contribution is -2.34. The third-order valence-electron chi connectivity index (χ3n) is 3.56. The zero-order valence-corrected chi connectivity index (χ0v) is 14.1. The van der Waals surface area contributed by atoms with Crippen LogP contribution >= 0.6 is 22.9 Å². The van der Waals surface area contributed by atoms with Crippen LogP contribution in [-0.2, 0) is 20.9 Å². The first-order valence-corrected chi connectivity index (χ1v) is 8.32. The molecule has 0 aliphatic carbocycles. The molecule has 122 valence electrons. The molecule has 0 spiro atoms. The Morgan fingerprint density at radius 1 is 1.33 bits per heavy atom. The molecule has 0 atom stereocenters. The number of likely N-dealkylation sites (tertiary alicyclic amines) is 1. The van der Waals surface area contributed by atoms with E-state index in [0.717, 1.165) is 15.1 Å². The van der Waals surface area contributed by atoms with Gasteiger partial charge in [-0.15, -0.1) is 6.42 Å². The molecule has 0 unspecified atom stereocenters. The lowest BCUT2D eigenvalue weighted by Gasteiger charge is -2.10. The molecule has 1 aliphatic heterocycles. The van der Waals surface area contributed by atoms with E-state index < -0.39 is 5.91 Å². The molecule has 1 aromatic heterocycles. The molecule has 8 heteroatoms. The fraction of sp³-hybridized carbons (Fsp3) is 0.250. The number of rotatable bonds is 3. The Kier molecular flexibility index (Phi) is 4.51. The molecular formula is C16H12ClN3O3S. The van der Waals surface area contributed by atoms with Gasteiger partial charge in [0, 0.05) is 17.9 Å². The van der Waals surface area contributed by atoms with Gasteiger partial charge < -0.3 is 4.57 Å². The topological polar surface area (TPSA) is 71.7 Å². The number of aromatic nitrogens is 1. The number of terminal acetylenes is 1. The molecule has 24 heavy (non-hydrogen) atoms. The second-order valence-electron chi connectivity index (χ2n) is 5.17. The largest absolute Gasteiger partial charge is 0.305 e. The van der Waals surface area contributed by atoms with Gasteiger partial charge in [0.1, 0.15) is 6.54 Å². The summed E-state index contributed by atoms with van der Waals surface area (Å²) in [5.41, 5.74) is 0.822. The van der Waals surface area contributed by atoms with E-state index in [-0.39, 0.29) is 37.7 Å². The Morgan fingerprint density at radius 2 is 2.04 bits per heavy atom. The van der Waals surface area contributed by atoms with E-state index in [1.54, 1.807) is 16.7 Å². The van der Waals surface area contributed by atoms with Crippen LogP contribution in [0.25, 0.3) is 10.2 Å². The molecule has 1 aromatic carbocycles. The van der Waals surface area contributed by atoms with Gasteiger partial charge in [0.2, 0.25) is 11.8 Å². The first-order valence-electron chi connectivity index (χ1n) is 7.12. The molecule has 0 N–H and O–H groups in total. The zero-order valence-electron chi connectivity index (χ0n) is 12.5. The zero-order chi connectivity index (χ0) is 17.3. The number of thiazole rings is 1. The summed E-state index contributed by atoms with van der Waals surface area (Å²) in [5.74, 6) is 1.27. The molecule has 0 bridgehead atoms. The van der Waals surface area contributed by atoms with Crippen molar-refractivity contribution in [3.05, 3.63) is 28.0 Å². The Hall–Kier alpha value is -2.43. The first-order chi connectivity index (χ1) is 11.5. The molecule has 2 heterocycles. The number of imide groups is 1. The minimum atomic E-state index is -0.568. The fourth-order valence-electron chi connectivity index (χ4n) is 2.45. The summed E-state index contributed by atoms with van der Waals surface area (Å²) >= 11 is 7.26. The van der Waals surface area contributed by atoms with Crippen molar-refractivity contribution >= 4 is 50.9 Å². The number of nitrogens with zero attached hydrogens (tertiary/aromatic N) is 3. The highest BCUT2D eigenvalue weighted by molar-refractivity contribution is 7.16. The van der Waals surface area contributed by atoms with E-state index in [1.807, 2.05) is 6.07 Å². The van der Waals surface area contributed by atoms with E-state index in [9.17, 15) is 14.4 Å². The van der Waals surface area contributed by atoms with Gasteiger partial charge in [0.05, 0.1) is 16.8 Å². The Labute approximate surface area is 146 Å². The summed E-state index contributed by atoms with van der Waals surface area (Å²) in [4.78, 5) is 40.7. The maximum atomic E-state index is 12.2. The van der Waals surface area contributed by atoms with Crippen LogP contribution in [0.3, 0.4) is 0 Å². The van der Waals surface area contributed by atoms with Gasteiger partial charge in [0.15, 0.2) is 4.80 Å². The highest BCUT2D eigenvalue weighted by Gasteiger charge is 2.30. The molecule has 0 saturated carbocycles. The first kappa shape index (κ1) is 16.4. The van der Waals surface area contributed by atoms with Crippen LogP contribution in [-0.4, -0.2) is 33.7 Å². The smallest absolute Gasteiger partial charge is 0.268 e. The van der Waals surface area contributed by atoms with E-state index in [2.05, 4.69) is 10.9 Å². The average Bonchev–Trinajstić information content (AvgIpc) is 3.02. The third-order valence-corrected chi connectivity index (χ3v) is 4.84. The molecule has 1 fully saturated rings. The molecule has 3 rings (SSSR count). The summed E-state index contributed by atoms with van der Waals surface area (Å²) in [5, 5.41) is 0.572. The fourth-order valence-corrected chi connectivity index (χ4v) is 3.78. The van der Waals surface area contributed by atoms with Gasteiger partial charge in [-0.25, -0.2) is 0 Å². The molecule has 3 amide bonds. The maximum Gasteiger partial charge on any atom is 0.268 e. The standard InChI is InChI=1S/C16H12ClN3O3S/c1-2-7-19-11-4-3-10(17)8-12(11)24-16(19)18-13(21)9-20-14(22)5-6-15(20)23/h1,3-4,8H,5-7,9H2. The minimum absolute atomic E-state index is 0.143. The van der Waals surface area contributed by atoms with Gasteiger partial charge in [-0.3, -0.25) is 19.3 Å². The number of hydrogen-bond donors (Lipinski definition) is 0. The second kappa shape index (κ2) is 6.59. The van der Waals surface area contributed by atoms with Crippen molar-refractivity contribution in [1.82, 2.24) is 9.47 Å². The van der Waals surface area contributed by atoms with Crippen molar-refractivity contribution in [2.45, 2.75) is 19.4 Å². The number of carbonyl (C=O) groups is 3.